The summed E-state index contributed by atoms with van der Waals surface area (Å²) >= 11 is 3.47. The quantitative estimate of drug-likeness (QED) is 0.809. The first-order valence-corrected chi connectivity index (χ1v) is 7.56. The number of carbonyl (C=O) groups is 1. The maximum Gasteiger partial charge on any atom is 0.137 e. The molecule has 0 heterocycles. The molecule has 0 amide bonds. The number of benzene rings is 2. The molecule has 0 atom stereocenters. The molecule has 0 radical (unpaired) electrons. The van der Waals surface area contributed by atoms with E-state index in [1.54, 1.807) is 7.11 Å². The third kappa shape index (κ3) is 4.60. The topological polar surface area (TPSA) is 52.3 Å². The van der Waals surface area contributed by atoms with Crippen LogP contribution in [-0.4, -0.2) is 12.9 Å². The molecule has 0 unspecified atom stereocenters. The number of methoxy groups -OCH3 is 1. The molecule has 0 spiro atoms. The summed E-state index contributed by atoms with van der Waals surface area (Å²) in [6, 6.07) is 13.3. The Bertz CT molecular complexity index is 640. The van der Waals surface area contributed by atoms with E-state index in [1.165, 1.54) is 0 Å². The van der Waals surface area contributed by atoms with Gasteiger partial charge in [0.2, 0.25) is 0 Å². The molecule has 0 fully saturated rings. The number of Topliss-reactive ketones (excluding diaryl/α,β-unsaturated/α-hetero) is 1. The number of ketones is 1. The molecule has 2 N–H and O–H groups in total. The summed E-state index contributed by atoms with van der Waals surface area (Å²) in [6.45, 7) is 0. The minimum atomic E-state index is 0.200. The van der Waals surface area contributed by atoms with E-state index in [1.807, 2.05) is 42.5 Å². The van der Waals surface area contributed by atoms with E-state index in [2.05, 4.69) is 15.9 Å². The number of hydrogen-bond acceptors (Lipinski definition) is 3. The SMILES string of the molecule is COc1ccc(Br)c(CC(=O)CCc2cccc(N)c2)c1. The maximum absolute atomic E-state index is 12.1. The van der Waals surface area contributed by atoms with Crippen LogP contribution in [0.15, 0.2) is 46.9 Å². The summed E-state index contributed by atoms with van der Waals surface area (Å²) in [4.78, 5) is 12.1. The van der Waals surface area contributed by atoms with Crippen molar-refractivity contribution in [3.8, 4) is 5.75 Å². The lowest BCUT2D eigenvalue weighted by atomic mass is 10.0. The Labute approximate surface area is 133 Å². The predicted molar refractivity (Wildman–Crippen MR) is 88.6 cm³/mol. The second-order valence-electron chi connectivity index (χ2n) is 4.92. The summed E-state index contributed by atoms with van der Waals surface area (Å²) in [6.07, 6.45) is 1.62. The number of carbonyl (C=O) groups excluding carboxylic acids is 1. The van der Waals surface area contributed by atoms with Crippen molar-refractivity contribution in [2.75, 3.05) is 12.8 Å². The van der Waals surface area contributed by atoms with Gasteiger partial charge in [-0.15, -0.1) is 0 Å². The highest BCUT2D eigenvalue weighted by Gasteiger charge is 2.09. The number of ether oxygens (including phenoxy) is 1. The largest absolute Gasteiger partial charge is 0.497 e. The number of rotatable bonds is 6. The lowest BCUT2D eigenvalue weighted by molar-refractivity contribution is -0.118. The molecule has 2 rings (SSSR count). The molecule has 0 aliphatic rings. The first-order valence-electron chi connectivity index (χ1n) is 6.77. The van der Waals surface area contributed by atoms with Crippen LogP contribution >= 0.6 is 15.9 Å². The Hall–Kier alpha value is -1.81. The Morgan fingerprint density at radius 1 is 1.24 bits per heavy atom. The van der Waals surface area contributed by atoms with Gasteiger partial charge in [0.1, 0.15) is 11.5 Å². The monoisotopic (exact) mass is 347 g/mol. The summed E-state index contributed by atoms with van der Waals surface area (Å²) < 4.78 is 6.12. The first-order chi connectivity index (χ1) is 10.1. The zero-order valence-electron chi connectivity index (χ0n) is 11.9. The zero-order valence-corrected chi connectivity index (χ0v) is 13.5. The van der Waals surface area contributed by atoms with E-state index in [0.29, 0.717) is 19.3 Å². The number of halogens is 1. The van der Waals surface area contributed by atoms with Gasteiger partial charge >= 0.3 is 0 Å². The van der Waals surface area contributed by atoms with Crippen LogP contribution in [-0.2, 0) is 17.6 Å². The smallest absolute Gasteiger partial charge is 0.137 e. The minimum Gasteiger partial charge on any atom is -0.497 e. The highest BCUT2D eigenvalue weighted by molar-refractivity contribution is 9.10. The summed E-state index contributed by atoms with van der Waals surface area (Å²) in [5.41, 5.74) is 8.51. The van der Waals surface area contributed by atoms with E-state index in [0.717, 1.165) is 27.0 Å². The van der Waals surface area contributed by atoms with Crippen LogP contribution in [0.1, 0.15) is 17.5 Å². The van der Waals surface area contributed by atoms with Crippen molar-refractivity contribution in [2.24, 2.45) is 0 Å². The fraction of sp³-hybridized carbons (Fsp3) is 0.235. The number of anilines is 1. The van der Waals surface area contributed by atoms with Gasteiger partial charge in [0.05, 0.1) is 7.11 Å². The second-order valence-corrected chi connectivity index (χ2v) is 5.77. The Balaban J connectivity index is 1.96. The predicted octanol–water partition coefficient (Wildman–Crippen LogP) is 3.78. The van der Waals surface area contributed by atoms with E-state index in [9.17, 15) is 4.79 Å². The van der Waals surface area contributed by atoms with Crippen molar-refractivity contribution in [3.05, 3.63) is 58.1 Å². The number of aryl methyl sites for hydroxylation is 1. The van der Waals surface area contributed by atoms with Crippen LogP contribution in [0.5, 0.6) is 5.75 Å². The molecule has 0 aliphatic carbocycles. The van der Waals surface area contributed by atoms with Gasteiger partial charge in [-0.3, -0.25) is 4.79 Å². The summed E-state index contributed by atoms with van der Waals surface area (Å²) in [5, 5.41) is 0. The van der Waals surface area contributed by atoms with Crippen molar-refractivity contribution in [3.63, 3.8) is 0 Å². The summed E-state index contributed by atoms with van der Waals surface area (Å²) in [7, 11) is 1.62. The van der Waals surface area contributed by atoms with Crippen molar-refractivity contribution >= 4 is 27.4 Å². The summed E-state index contributed by atoms with van der Waals surface area (Å²) in [5.74, 6) is 0.961. The van der Waals surface area contributed by atoms with Crippen LogP contribution in [0.3, 0.4) is 0 Å². The fourth-order valence-electron chi connectivity index (χ4n) is 2.15. The van der Waals surface area contributed by atoms with Gasteiger partial charge in [-0.1, -0.05) is 28.1 Å². The first kappa shape index (κ1) is 15.6. The van der Waals surface area contributed by atoms with Gasteiger partial charge in [-0.2, -0.15) is 0 Å². The standard InChI is InChI=1S/C17H18BrNO2/c1-21-16-7-8-17(18)13(11-16)10-15(20)6-5-12-3-2-4-14(19)9-12/h2-4,7-9,11H,5-6,10,19H2,1H3. The van der Waals surface area contributed by atoms with Gasteiger partial charge in [-0.25, -0.2) is 0 Å². The molecule has 2 aromatic rings. The molecule has 0 bridgehead atoms. The number of hydrogen-bond donors (Lipinski definition) is 1. The third-order valence-corrected chi connectivity index (χ3v) is 4.06. The minimum absolute atomic E-state index is 0.200. The van der Waals surface area contributed by atoms with Crippen LogP contribution in [0, 0.1) is 0 Å². The zero-order chi connectivity index (χ0) is 15.2. The molecular weight excluding hydrogens is 330 g/mol. The molecule has 3 nitrogen and oxygen atoms in total. The van der Waals surface area contributed by atoms with Crippen LogP contribution in [0.25, 0.3) is 0 Å². The maximum atomic E-state index is 12.1. The van der Waals surface area contributed by atoms with Gasteiger partial charge in [-0.05, 0) is 47.9 Å². The Kier molecular flexibility index (Phi) is 5.39. The Morgan fingerprint density at radius 2 is 2.05 bits per heavy atom. The van der Waals surface area contributed by atoms with Crippen molar-refractivity contribution in [2.45, 2.75) is 19.3 Å². The van der Waals surface area contributed by atoms with Crippen molar-refractivity contribution in [1.29, 1.82) is 0 Å². The Morgan fingerprint density at radius 3 is 2.76 bits per heavy atom. The average Bonchev–Trinajstić information content (AvgIpc) is 2.47. The van der Waals surface area contributed by atoms with E-state index in [-0.39, 0.29) is 5.78 Å². The third-order valence-electron chi connectivity index (χ3n) is 3.28. The number of nitrogens with two attached hydrogens (primary N) is 1. The van der Waals surface area contributed by atoms with Gasteiger partial charge < -0.3 is 10.5 Å². The number of nitrogen functional groups attached to an aromatic ring is 1. The molecule has 110 valence electrons. The van der Waals surface area contributed by atoms with Crippen molar-refractivity contribution in [1.82, 2.24) is 0 Å². The lowest BCUT2D eigenvalue weighted by Gasteiger charge is -2.07. The highest BCUT2D eigenvalue weighted by Crippen LogP contribution is 2.23. The normalized spacial score (nSPS) is 10.4. The lowest BCUT2D eigenvalue weighted by Crippen LogP contribution is -2.05. The van der Waals surface area contributed by atoms with E-state index < -0.39 is 0 Å². The van der Waals surface area contributed by atoms with Gasteiger partial charge in [0, 0.05) is 23.0 Å². The van der Waals surface area contributed by atoms with Crippen LogP contribution in [0.4, 0.5) is 5.69 Å². The molecule has 2 aromatic carbocycles. The second kappa shape index (κ2) is 7.27. The molecule has 4 heteroatoms. The van der Waals surface area contributed by atoms with E-state index in [4.69, 9.17) is 10.5 Å². The van der Waals surface area contributed by atoms with Crippen LogP contribution in [0.2, 0.25) is 0 Å². The van der Waals surface area contributed by atoms with Gasteiger partial charge in [0.15, 0.2) is 0 Å². The van der Waals surface area contributed by atoms with Gasteiger partial charge in [0.25, 0.3) is 0 Å². The molecule has 0 aliphatic heterocycles. The average molecular weight is 348 g/mol. The van der Waals surface area contributed by atoms with Crippen LogP contribution < -0.4 is 10.5 Å². The van der Waals surface area contributed by atoms with E-state index >= 15 is 0 Å². The molecule has 0 saturated heterocycles. The van der Waals surface area contributed by atoms with Crippen molar-refractivity contribution < 1.29 is 9.53 Å². The molecule has 0 aromatic heterocycles. The molecular formula is C17H18BrNO2. The molecule has 0 saturated carbocycles. The fourth-order valence-corrected chi connectivity index (χ4v) is 2.53. The molecule has 21 heavy (non-hydrogen) atoms. The highest BCUT2D eigenvalue weighted by atomic mass is 79.9.